The van der Waals surface area contributed by atoms with Crippen molar-refractivity contribution in [3.8, 4) is 0 Å². The third kappa shape index (κ3) is 2.92. The largest absolute Gasteiger partial charge is 0.397 e. The van der Waals surface area contributed by atoms with Crippen LogP contribution in [0.1, 0.15) is 29.9 Å². The first-order valence-electron chi connectivity index (χ1n) is 5.97. The van der Waals surface area contributed by atoms with Gasteiger partial charge in [-0.05, 0) is 12.5 Å². The Morgan fingerprint density at radius 2 is 2.17 bits per heavy atom. The molecule has 1 aromatic rings. The molecule has 18 heavy (non-hydrogen) atoms. The molecule has 0 unspecified atom stereocenters. The third-order valence-electron chi connectivity index (χ3n) is 3.12. The number of primary amides is 1. The van der Waals surface area contributed by atoms with Crippen LogP contribution < -0.4 is 16.4 Å². The Hall–Kier alpha value is -0.880. The molecule has 6 heteroatoms. The molecule has 0 spiro atoms. The highest BCUT2D eigenvalue weighted by Crippen LogP contribution is 2.36. The van der Waals surface area contributed by atoms with Crippen LogP contribution in [0.25, 0.3) is 0 Å². The van der Waals surface area contributed by atoms with Crippen molar-refractivity contribution >= 4 is 39.7 Å². The van der Waals surface area contributed by atoms with Gasteiger partial charge in [-0.1, -0.05) is 13.8 Å². The monoisotopic (exact) mass is 285 g/mol. The summed E-state index contributed by atoms with van der Waals surface area (Å²) < 4.78 is 0.323. The molecule has 2 rings (SSSR count). The number of rotatable bonds is 2. The van der Waals surface area contributed by atoms with E-state index in [9.17, 15) is 4.79 Å². The van der Waals surface area contributed by atoms with Gasteiger partial charge >= 0.3 is 0 Å². The summed E-state index contributed by atoms with van der Waals surface area (Å²) in [5.41, 5.74) is 11.6. The Bertz CT molecular complexity index is 456. The fraction of sp³-hybridized carbons (Fsp3) is 0.583. The predicted octanol–water partition coefficient (Wildman–Crippen LogP) is 2.15. The summed E-state index contributed by atoms with van der Waals surface area (Å²) in [7, 11) is 0. The van der Waals surface area contributed by atoms with Gasteiger partial charge in [0.2, 0.25) is 0 Å². The van der Waals surface area contributed by atoms with Crippen LogP contribution in [0.4, 0.5) is 10.7 Å². The highest BCUT2D eigenvalue weighted by Gasteiger charge is 2.25. The first kappa shape index (κ1) is 13.5. The molecule has 1 aromatic heterocycles. The number of hydrogen-bond donors (Lipinski definition) is 2. The number of hydrogen-bond acceptors (Lipinski definition) is 5. The molecular formula is C12H19N3OS2. The smallest absolute Gasteiger partial charge is 0.260 e. The number of nitrogen functional groups attached to an aromatic ring is 1. The summed E-state index contributed by atoms with van der Waals surface area (Å²) in [6.07, 6.45) is 1.13. The average molecular weight is 285 g/mol. The Morgan fingerprint density at radius 3 is 2.78 bits per heavy atom. The lowest BCUT2D eigenvalue weighted by Gasteiger charge is -2.22. The van der Waals surface area contributed by atoms with E-state index in [1.54, 1.807) is 0 Å². The molecule has 2 heterocycles. The van der Waals surface area contributed by atoms with Crippen LogP contribution in [-0.2, 0) is 0 Å². The molecule has 1 saturated heterocycles. The fourth-order valence-electron chi connectivity index (χ4n) is 1.98. The second kappa shape index (κ2) is 5.01. The van der Waals surface area contributed by atoms with Gasteiger partial charge in [0.25, 0.3) is 5.91 Å². The number of anilines is 2. The van der Waals surface area contributed by atoms with Crippen LogP contribution in [0.15, 0.2) is 6.07 Å². The van der Waals surface area contributed by atoms with Crippen molar-refractivity contribution in [3.05, 3.63) is 10.9 Å². The summed E-state index contributed by atoms with van der Waals surface area (Å²) in [6.45, 7) is 6.54. The molecule has 100 valence electrons. The average Bonchev–Trinajstić information content (AvgIpc) is 2.55. The molecule has 4 nitrogen and oxygen atoms in total. The van der Waals surface area contributed by atoms with E-state index < -0.39 is 5.91 Å². The first-order chi connectivity index (χ1) is 8.39. The maximum absolute atomic E-state index is 11.2. The first-order valence-corrected chi connectivity index (χ1v) is 7.77. The van der Waals surface area contributed by atoms with Crippen molar-refractivity contribution in [2.75, 3.05) is 29.5 Å². The van der Waals surface area contributed by atoms with Gasteiger partial charge in [-0.25, -0.2) is 0 Å². The van der Waals surface area contributed by atoms with Gasteiger partial charge in [0.05, 0.1) is 10.7 Å². The summed E-state index contributed by atoms with van der Waals surface area (Å²) in [6, 6.07) is 1.87. The van der Waals surface area contributed by atoms with E-state index in [2.05, 4.69) is 18.7 Å². The second-order valence-electron chi connectivity index (χ2n) is 5.08. The minimum atomic E-state index is -0.437. The summed E-state index contributed by atoms with van der Waals surface area (Å²) in [5.74, 6) is 0.657. The van der Waals surface area contributed by atoms with Crippen LogP contribution in [-0.4, -0.2) is 29.5 Å². The maximum Gasteiger partial charge on any atom is 0.260 e. The normalized spacial score (nSPS) is 19.6. The van der Waals surface area contributed by atoms with Crippen LogP contribution in [0, 0.1) is 0 Å². The van der Waals surface area contributed by atoms with Crippen LogP contribution in [0.5, 0.6) is 0 Å². The van der Waals surface area contributed by atoms with Gasteiger partial charge in [0, 0.05) is 23.6 Å². The van der Waals surface area contributed by atoms with E-state index in [1.165, 1.54) is 11.3 Å². The van der Waals surface area contributed by atoms with Crippen molar-refractivity contribution in [1.29, 1.82) is 0 Å². The van der Waals surface area contributed by atoms with Crippen molar-refractivity contribution < 1.29 is 4.79 Å². The predicted molar refractivity (Wildman–Crippen MR) is 80.6 cm³/mol. The summed E-state index contributed by atoms with van der Waals surface area (Å²) >= 11 is 3.40. The van der Waals surface area contributed by atoms with E-state index in [0.29, 0.717) is 15.3 Å². The van der Waals surface area contributed by atoms with Crippen LogP contribution in [0.3, 0.4) is 0 Å². The number of carbonyl (C=O) groups is 1. The number of thiophene rings is 1. The van der Waals surface area contributed by atoms with Gasteiger partial charge in [-0.2, -0.15) is 11.8 Å². The Kier molecular flexibility index (Phi) is 3.77. The molecule has 1 aliphatic rings. The summed E-state index contributed by atoms with van der Waals surface area (Å²) in [5, 5.41) is 1.06. The molecule has 0 atom stereocenters. The Morgan fingerprint density at radius 1 is 1.44 bits per heavy atom. The number of amides is 1. The molecular weight excluding hydrogens is 266 g/mol. The number of nitrogens with zero attached hydrogens (tertiary/aromatic N) is 1. The lowest BCUT2D eigenvalue weighted by atomic mass is 10.1. The lowest BCUT2D eigenvalue weighted by Crippen LogP contribution is -2.26. The number of carbonyl (C=O) groups excluding carboxylic acids is 1. The van der Waals surface area contributed by atoms with E-state index >= 15 is 0 Å². The molecule has 0 aromatic carbocycles. The molecule has 0 radical (unpaired) electrons. The lowest BCUT2D eigenvalue weighted by molar-refractivity contribution is 0.100. The van der Waals surface area contributed by atoms with Crippen molar-refractivity contribution in [3.63, 3.8) is 0 Å². The van der Waals surface area contributed by atoms with E-state index in [-0.39, 0.29) is 0 Å². The van der Waals surface area contributed by atoms with Gasteiger partial charge in [0.1, 0.15) is 4.88 Å². The van der Waals surface area contributed by atoms with Gasteiger partial charge in [0.15, 0.2) is 0 Å². The minimum Gasteiger partial charge on any atom is -0.397 e. The van der Waals surface area contributed by atoms with Gasteiger partial charge < -0.3 is 16.4 Å². The highest BCUT2D eigenvalue weighted by atomic mass is 32.2. The Labute approximate surface area is 116 Å². The highest BCUT2D eigenvalue weighted by molar-refractivity contribution is 8.00. The van der Waals surface area contributed by atoms with E-state index in [1.807, 2.05) is 17.8 Å². The molecule has 1 aliphatic heterocycles. The molecule has 0 bridgehead atoms. The number of nitrogens with two attached hydrogens (primary N) is 2. The molecule has 4 N–H and O–H groups in total. The number of thioether (sulfide) groups is 1. The molecule has 1 fully saturated rings. The molecule has 0 aliphatic carbocycles. The quantitative estimate of drug-likeness (QED) is 0.873. The van der Waals surface area contributed by atoms with Crippen molar-refractivity contribution in [2.45, 2.75) is 25.0 Å². The molecule has 0 saturated carbocycles. The fourth-order valence-corrected chi connectivity index (χ4v) is 4.06. The second-order valence-corrected chi connectivity index (χ2v) is 7.91. The van der Waals surface area contributed by atoms with Gasteiger partial charge in [-0.3, -0.25) is 4.79 Å². The Balaban J connectivity index is 2.17. The zero-order valence-corrected chi connectivity index (χ0v) is 12.4. The van der Waals surface area contributed by atoms with Crippen molar-refractivity contribution in [2.24, 2.45) is 5.73 Å². The molecule has 1 amide bonds. The topological polar surface area (TPSA) is 72.3 Å². The minimum absolute atomic E-state index is 0.323. The SMILES string of the molecule is CC1(C)CCN(c2cc(N)c(C(N)=O)s2)CCS1. The van der Waals surface area contributed by atoms with Crippen LogP contribution >= 0.6 is 23.1 Å². The van der Waals surface area contributed by atoms with Gasteiger partial charge in [-0.15, -0.1) is 11.3 Å². The standard InChI is InChI=1S/C12H19N3OS2/c1-12(2)3-4-15(5-6-17-12)9-7-8(13)10(18-9)11(14)16/h7H,3-6,13H2,1-2H3,(H2,14,16). The van der Waals surface area contributed by atoms with Crippen molar-refractivity contribution in [1.82, 2.24) is 0 Å². The van der Waals surface area contributed by atoms with E-state index in [4.69, 9.17) is 11.5 Å². The van der Waals surface area contributed by atoms with Crippen LogP contribution in [0.2, 0.25) is 0 Å². The zero-order chi connectivity index (χ0) is 13.3. The third-order valence-corrected chi connectivity index (χ3v) is 5.72. The maximum atomic E-state index is 11.2. The van der Waals surface area contributed by atoms with E-state index in [0.717, 1.165) is 30.3 Å². The zero-order valence-electron chi connectivity index (χ0n) is 10.7. The summed E-state index contributed by atoms with van der Waals surface area (Å²) in [4.78, 5) is 14.0.